The molecule has 1 aromatic carbocycles. The van der Waals surface area contributed by atoms with Gasteiger partial charge in [-0.2, -0.15) is 0 Å². The van der Waals surface area contributed by atoms with Crippen LogP contribution in [-0.4, -0.2) is 5.11 Å². The van der Waals surface area contributed by atoms with E-state index >= 15 is 0 Å². The molecular weight excluding hydrogens is 208 g/mol. The second-order valence-electron chi connectivity index (χ2n) is 5.27. The molecule has 0 spiro atoms. The smallest absolute Gasteiger partial charge is 0.115 e. The molecule has 1 aliphatic carbocycles. The summed E-state index contributed by atoms with van der Waals surface area (Å²) in [5.41, 5.74) is 3.03. The summed E-state index contributed by atoms with van der Waals surface area (Å²) in [5, 5.41) is 9.60. The van der Waals surface area contributed by atoms with Gasteiger partial charge in [0, 0.05) is 0 Å². The zero-order chi connectivity index (χ0) is 13.1. The number of aryl methyl sites for hydroxylation is 1. The molecule has 96 valence electrons. The second kappa shape index (κ2) is 5.57. The number of aromatic hydroxyl groups is 1. The first-order valence-electron chi connectivity index (χ1n) is 6.86. The van der Waals surface area contributed by atoms with Gasteiger partial charge < -0.3 is 5.11 Å². The molecule has 0 saturated heterocycles. The number of hydrogen-bond donors (Lipinski definition) is 1. The summed E-state index contributed by atoms with van der Waals surface area (Å²) in [7, 11) is 0. The van der Waals surface area contributed by atoms with Crippen LogP contribution in [0.1, 0.15) is 58.6 Å². The molecule has 1 nitrogen and oxygen atoms in total. The number of rotatable bonds is 1. The van der Waals surface area contributed by atoms with Crippen LogP contribution in [-0.2, 0) is 11.8 Å². The Morgan fingerprint density at radius 3 is 2.47 bits per heavy atom. The third-order valence-corrected chi connectivity index (χ3v) is 4.13. The van der Waals surface area contributed by atoms with Crippen LogP contribution in [0.15, 0.2) is 18.2 Å². The van der Waals surface area contributed by atoms with Gasteiger partial charge in [0.05, 0.1) is 0 Å². The molecule has 1 aromatic rings. The van der Waals surface area contributed by atoms with Crippen LogP contribution in [0, 0.1) is 5.92 Å². The van der Waals surface area contributed by atoms with Gasteiger partial charge in [-0.25, -0.2) is 0 Å². The van der Waals surface area contributed by atoms with E-state index in [4.69, 9.17) is 0 Å². The predicted octanol–water partition coefficient (Wildman–Crippen LogP) is 4.67. The summed E-state index contributed by atoms with van der Waals surface area (Å²) in [6.45, 7) is 10.9. The van der Waals surface area contributed by atoms with Crippen molar-refractivity contribution in [1.29, 1.82) is 0 Å². The summed E-state index contributed by atoms with van der Waals surface area (Å²) < 4.78 is 0. The molecule has 0 bridgehead atoms. The Morgan fingerprint density at radius 1 is 1.24 bits per heavy atom. The molecule has 0 saturated carbocycles. The van der Waals surface area contributed by atoms with Crippen molar-refractivity contribution < 1.29 is 5.11 Å². The predicted molar refractivity (Wildman–Crippen MR) is 74.6 cm³/mol. The van der Waals surface area contributed by atoms with Crippen molar-refractivity contribution in [2.75, 3.05) is 0 Å². The second-order valence-corrected chi connectivity index (χ2v) is 5.27. The highest BCUT2D eigenvalue weighted by molar-refractivity contribution is 5.41. The molecule has 0 amide bonds. The van der Waals surface area contributed by atoms with Crippen molar-refractivity contribution in [2.45, 2.75) is 59.3 Å². The van der Waals surface area contributed by atoms with Crippen molar-refractivity contribution >= 4 is 0 Å². The highest BCUT2D eigenvalue weighted by Crippen LogP contribution is 2.43. The van der Waals surface area contributed by atoms with Gasteiger partial charge in [-0.3, -0.25) is 0 Å². The SMILES string of the molecule is CC.CC(C)C1(C)CCCc2ccc(O)cc21. The Bertz CT molecular complexity index is 368. The fourth-order valence-corrected chi connectivity index (χ4v) is 2.69. The van der Waals surface area contributed by atoms with Gasteiger partial charge in [0.1, 0.15) is 5.75 Å². The Morgan fingerprint density at radius 2 is 1.88 bits per heavy atom. The van der Waals surface area contributed by atoms with E-state index in [1.807, 2.05) is 26.0 Å². The van der Waals surface area contributed by atoms with Crippen molar-refractivity contribution in [1.82, 2.24) is 0 Å². The van der Waals surface area contributed by atoms with E-state index < -0.39 is 0 Å². The summed E-state index contributed by atoms with van der Waals surface area (Å²) in [5.74, 6) is 1.03. The molecule has 2 rings (SSSR count). The minimum Gasteiger partial charge on any atom is -0.508 e. The highest BCUT2D eigenvalue weighted by atomic mass is 16.3. The van der Waals surface area contributed by atoms with Gasteiger partial charge in [0.15, 0.2) is 0 Å². The minimum atomic E-state index is 0.242. The van der Waals surface area contributed by atoms with E-state index in [-0.39, 0.29) is 5.41 Å². The third kappa shape index (κ3) is 2.65. The number of fused-ring (bicyclic) bond motifs is 1. The maximum absolute atomic E-state index is 9.60. The lowest BCUT2D eigenvalue weighted by atomic mass is 9.65. The van der Waals surface area contributed by atoms with Crippen molar-refractivity contribution in [3.8, 4) is 5.75 Å². The zero-order valence-corrected chi connectivity index (χ0v) is 11.9. The monoisotopic (exact) mass is 234 g/mol. The maximum atomic E-state index is 9.60. The quantitative estimate of drug-likeness (QED) is 0.748. The van der Waals surface area contributed by atoms with Crippen molar-refractivity contribution in [2.24, 2.45) is 5.92 Å². The molecule has 0 aromatic heterocycles. The van der Waals surface area contributed by atoms with E-state index in [2.05, 4.69) is 26.8 Å². The molecular formula is C16H26O. The Hall–Kier alpha value is -0.980. The van der Waals surface area contributed by atoms with Crippen LogP contribution in [0.2, 0.25) is 0 Å². The topological polar surface area (TPSA) is 20.2 Å². The minimum absolute atomic E-state index is 0.242. The average Bonchev–Trinajstić information content (AvgIpc) is 2.33. The van der Waals surface area contributed by atoms with Gasteiger partial charge in [-0.05, 0) is 53.9 Å². The van der Waals surface area contributed by atoms with Crippen LogP contribution in [0.4, 0.5) is 0 Å². The Labute approximate surface area is 106 Å². The molecule has 0 heterocycles. The van der Waals surface area contributed by atoms with Crippen LogP contribution >= 0.6 is 0 Å². The fourth-order valence-electron chi connectivity index (χ4n) is 2.69. The summed E-state index contributed by atoms with van der Waals surface area (Å²) in [6, 6.07) is 5.86. The van der Waals surface area contributed by atoms with Gasteiger partial charge in [-0.1, -0.05) is 40.7 Å². The van der Waals surface area contributed by atoms with Gasteiger partial charge >= 0.3 is 0 Å². The summed E-state index contributed by atoms with van der Waals surface area (Å²) in [6.07, 6.45) is 3.67. The lowest BCUT2D eigenvalue weighted by Gasteiger charge is -2.39. The summed E-state index contributed by atoms with van der Waals surface area (Å²) in [4.78, 5) is 0. The molecule has 1 N–H and O–H groups in total. The lowest BCUT2D eigenvalue weighted by Crippen LogP contribution is -2.32. The Kier molecular flexibility index (Phi) is 4.62. The van der Waals surface area contributed by atoms with E-state index in [0.29, 0.717) is 11.7 Å². The number of phenolic OH excluding ortho intramolecular Hbond substituents is 1. The van der Waals surface area contributed by atoms with E-state index in [1.165, 1.54) is 24.0 Å². The molecule has 0 fully saturated rings. The van der Waals surface area contributed by atoms with E-state index in [1.54, 1.807) is 0 Å². The van der Waals surface area contributed by atoms with E-state index in [0.717, 1.165) is 6.42 Å². The maximum Gasteiger partial charge on any atom is 0.115 e. The molecule has 0 radical (unpaired) electrons. The highest BCUT2D eigenvalue weighted by Gasteiger charge is 2.34. The van der Waals surface area contributed by atoms with Crippen molar-refractivity contribution in [3.05, 3.63) is 29.3 Å². The first-order chi connectivity index (χ1) is 8.04. The van der Waals surface area contributed by atoms with Crippen LogP contribution in [0.3, 0.4) is 0 Å². The molecule has 0 aliphatic heterocycles. The van der Waals surface area contributed by atoms with Gasteiger partial charge in [-0.15, -0.1) is 0 Å². The lowest BCUT2D eigenvalue weighted by molar-refractivity contribution is 0.289. The molecule has 1 atom stereocenters. The average molecular weight is 234 g/mol. The van der Waals surface area contributed by atoms with E-state index in [9.17, 15) is 5.11 Å². The number of hydrogen-bond acceptors (Lipinski definition) is 1. The first kappa shape index (κ1) is 14.1. The normalized spacial score (nSPS) is 22.7. The molecule has 1 unspecified atom stereocenters. The fraction of sp³-hybridized carbons (Fsp3) is 0.625. The van der Waals surface area contributed by atoms with Gasteiger partial charge in [0.2, 0.25) is 0 Å². The molecule has 1 aliphatic rings. The molecule has 17 heavy (non-hydrogen) atoms. The largest absolute Gasteiger partial charge is 0.508 e. The number of benzene rings is 1. The van der Waals surface area contributed by atoms with Crippen LogP contribution in [0.5, 0.6) is 5.75 Å². The Balaban J connectivity index is 0.000000686. The molecule has 1 heteroatoms. The first-order valence-corrected chi connectivity index (χ1v) is 6.86. The zero-order valence-electron chi connectivity index (χ0n) is 11.9. The third-order valence-electron chi connectivity index (χ3n) is 4.13. The van der Waals surface area contributed by atoms with Crippen LogP contribution in [0.25, 0.3) is 0 Å². The standard InChI is InChI=1S/C14H20O.C2H6/c1-10(2)14(3)8-4-5-11-6-7-12(15)9-13(11)14;1-2/h6-7,9-10,15H,4-5,8H2,1-3H3;1-2H3. The van der Waals surface area contributed by atoms with Crippen molar-refractivity contribution in [3.63, 3.8) is 0 Å². The van der Waals surface area contributed by atoms with Crippen LogP contribution < -0.4 is 0 Å². The number of phenols is 1. The summed E-state index contributed by atoms with van der Waals surface area (Å²) >= 11 is 0. The van der Waals surface area contributed by atoms with Gasteiger partial charge in [0.25, 0.3) is 0 Å².